The summed E-state index contributed by atoms with van der Waals surface area (Å²) in [5.41, 5.74) is 1.45. The molecule has 1 aromatic rings. The van der Waals surface area contributed by atoms with E-state index in [1.807, 2.05) is 33.8 Å². The standard InChI is InChI=1S/C16H22BrNO3/c1-10-5-11(7-12(17)6-10)15(21)18-13(8-14(19)20)9-16(2,3)4/h5-7,13H,8-9H2,1-4H3,(H,18,21)(H,19,20). The molecule has 21 heavy (non-hydrogen) atoms. The fraction of sp³-hybridized carbons (Fsp3) is 0.500. The minimum atomic E-state index is -0.907. The molecule has 5 heteroatoms. The minimum Gasteiger partial charge on any atom is -0.481 e. The van der Waals surface area contributed by atoms with E-state index in [-0.39, 0.29) is 23.8 Å². The van der Waals surface area contributed by atoms with Gasteiger partial charge in [-0.3, -0.25) is 9.59 Å². The first-order valence-corrected chi connectivity index (χ1v) is 7.66. The van der Waals surface area contributed by atoms with Crippen molar-refractivity contribution >= 4 is 27.8 Å². The minimum absolute atomic E-state index is 0.0550. The highest BCUT2D eigenvalue weighted by atomic mass is 79.9. The van der Waals surface area contributed by atoms with Crippen LogP contribution in [-0.4, -0.2) is 23.0 Å². The van der Waals surface area contributed by atoms with Gasteiger partial charge in [0.15, 0.2) is 0 Å². The monoisotopic (exact) mass is 355 g/mol. The Hall–Kier alpha value is -1.36. The Bertz CT molecular complexity index is 515. The number of aryl methyl sites for hydroxylation is 1. The number of benzene rings is 1. The maximum absolute atomic E-state index is 12.3. The molecular weight excluding hydrogens is 334 g/mol. The van der Waals surface area contributed by atoms with Crippen LogP contribution in [0.4, 0.5) is 0 Å². The summed E-state index contributed by atoms with van der Waals surface area (Å²) in [6.45, 7) is 7.98. The topological polar surface area (TPSA) is 66.4 Å². The van der Waals surface area contributed by atoms with Crippen LogP contribution in [0.2, 0.25) is 0 Å². The largest absolute Gasteiger partial charge is 0.481 e. The summed E-state index contributed by atoms with van der Waals surface area (Å²) in [6.07, 6.45) is 0.536. The number of hydrogen-bond acceptors (Lipinski definition) is 2. The van der Waals surface area contributed by atoms with E-state index in [0.717, 1.165) is 10.0 Å². The predicted molar refractivity (Wildman–Crippen MR) is 86.5 cm³/mol. The number of nitrogens with one attached hydrogen (secondary N) is 1. The molecule has 0 fully saturated rings. The van der Waals surface area contributed by atoms with Gasteiger partial charge in [-0.25, -0.2) is 0 Å². The lowest BCUT2D eigenvalue weighted by Crippen LogP contribution is -2.39. The summed E-state index contributed by atoms with van der Waals surface area (Å²) in [6, 6.07) is 5.06. The molecule has 0 aliphatic rings. The smallest absolute Gasteiger partial charge is 0.305 e. The second-order valence-electron chi connectivity index (χ2n) is 6.55. The second kappa shape index (κ2) is 7.07. The first-order valence-electron chi connectivity index (χ1n) is 6.87. The first kappa shape index (κ1) is 17.7. The van der Waals surface area contributed by atoms with Crippen molar-refractivity contribution in [2.45, 2.75) is 46.6 Å². The summed E-state index contributed by atoms with van der Waals surface area (Å²) in [4.78, 5) is 23.3. The second-order valence-corrected chi connectivity index (χ2v) is 7.47. The van der Waals surface area contributed by atoms with Crippen LogP contribution >= 0.6 is 15.9 Å². The summed E-state index contributed by atoms with van der Waals surface area (Å²) >= 11 is 3.36. The van der Waals surface area contributed by atoms with Crippen LogP contribution in [0.25, 0.3) is 0 Å². The Kier molecular flexibility index (Phi) is 5.96. The lowest BCUT2D eigenvalue weighted by molar-refractivity contribution is -0.137. The zero-order valence-electron chi connectivity index (χ0n) is 12.9. The molecule has 0 saturated heterocycles. The highest BCUT2D eigenvalue weighted by Crippen LogP contribution is 2.23. The average molecular weight is 356 g/mol. The van der Waals surface area contributed by atoms with Crippen molar-refractivity contribution in [3.05, 3.63) is 33.8 Å². The molecule has 0 heterocycles. The predicted octanol–water partition coefficient (Wildman–Crippen LogP) is 3.77. The number of carboxylic acids is 1. The van der Waals surface area contributed by atoms with Gasteiger partial charge in [-0.1, -0.05) is 36.7 Å². The zero-order chi connectivity index (χ0) is 16.2. The molecule has 1 atom stereocenters. The quantitative estimate of drug-likeness (QED) is 0.844. The van der Waals surface area contributed by atoms with Crippen LogP contribution in [0.5, 0.6) is 0 Å². The van der Waals surface area contributed by atoms with Crippen molar-refractivity contribution in [3.63, 3.8) is 0 Å². The Morgan fingerprint density at radius 3 is 2.38 bits per heavy atom. The SMILES string of the molecule is Cc1cc(Br)cc(C(=O)NC(CC(=O)O)CC(C)(C)C)c1. The van der Waals surface area contributed by atoms with Crippen LogP contribution in [-0.2, 0) is 4.79 Å². The number of carbonyl (C=O) groups is 2. The van der Waals surface area contributed by atoms with Gasteiger partial charge in [0.25, 0.3) is 5.91 Å². The van der Waals surface area contributed by atoms with Crippen molar-refractivity contribution in [3.8, 4) is 0 Å². The molecule has 1 amide bonds. The first-order chi connectivity index (χ1) is 9.56. The van der Waals surface area contributed by atoms with E-state index in [9.17, 15) is 9.59 Å². The lowest BCUT2D eigenvalue weighted by Gasteiger charge is -2.26. The number of rotatable bonds is 5. The third kappa shape index (κ3) is 6.76. The van der Waals surface area contributed by atoms with Gasteiger partial charge in [0, 0.05) is 16.1 Å². The van der Waals surface area contributed by atoms with E-state index in [0.29, 0.717) is 12.0 Å². The van der Waals surface area contributed by atoms with E-state index in [1.54, 1.807) is 12.1 Å². The van der Waals surface area contributed by atoms with Gasteiger partial charge < -0.3 is 10.4 Å². The van der Waals surface area contributed by atoms with E-state index >= 15 is 0 Å². The fourth-order valence-corrected chi connectivity index (χ4v) is 2.87. The maximum atomic E-state index is 12.3. The Morgan fingerprint density at radius 2 is 1.90 bits per heavy atom. The molecule has 116 valence electrons. The van der Waals surface area contributed by atoms with E-state index in [4.69, 9.17) is 5.11 Å². The van der Waals surface area contributed by atoms with E-state index in [1.165, 1.54) is 0 Å². The Morgan fingerprint density at radius 1 is 1.29 bits per heavy atom. The molecule has 0 aliphatic carbocycles. The van der Waals surface area contributed by atoms with Gasteiger partial charge in [-0.15, -0.1) is 0 Å². The van der Waals surface area contributed by atoms with Crippen LogP contribution < -0.4 is 5.32 Å². The third-order valence-electron chi connectivity index (χ3n) is 2.92. The van der Waals surface area contributed by atoms with Gasteiger partial charge in [0.05, 0.1) is 6.42 Å². The molecule has 1 rings (SSSR count). The average Bonchev–Trinajstić information content (AvgIpc) is 2.23. The van der Waals surface area contributed by atoms with Gasteiger partial charge in [0.2, 0.25) is 0 Å². The zero-order valence-corrected chi connectivity index (χ0v) is 14.5. The maximum Gasteiger partial charge on any atom is 0.305 e. The van der Waals surface area contributed by atoms with Crippen molar-refractivity contribution in [1.29, 1.82) is 0 Å². The number of aliphatic carboxylic acids is 1. The number of carboxylic acid groups (broad SMARTS) is 1. The summed E-state index contributed by atoms with van der Waals surface area (Å²) in [5.74, 6) is -1.15. The molecule has 0 radical (unpaired) electrons. The molecule has 0 aromatic heterocycles. The Labute approximate surface area is 134 Å². The molecule has 0 saturated carbocycles. The molecule has 0 aliphatic heterocycles. The number of halogens is 1. The van der Waals surface area contributed by atoms with Crippen molar-refractivity contribution in [2.75, 3.05) is 0 Å². The lowest BCUT2D eigenvalue weighted by atomic mass is 9.87. The summed E-state index contributed by atoms with van der Waals surface area (Å²) < 4.78 is 0.832. The van der Waals surface area contributed by atoms with Crippen LogP contribution in [0.15, 0.2) is 22.7 Å². The molecule has 4 nitrogen and oxygen atoms in total. The molecule has 0 spiro atoms. The number of carbonyl (C=O) groups excluding carboxylic acids is 1. The van der Waals surface area contributed by atoms with Gasteiger partial charge >= 0.3 is 5.97 Å². The highest BCUT2D eigenvalue weighted by Gasteiger charge is 2.23. The van der Waals surface area contributed by atoms with Crippen LogP contribution in [0, 0.1) is 12.3 Å². The van der Waals surface area contributed by atoms with Crippen LogP contribution in [0.1, 0.15) is 49.5 Å². The highest BCUT2D eigenvalue weighted by molar-refractivity contribution is 9.10. The van der Waals surface area contributed by atoms with E-state index < -0.39 is 5.97 Å². The van der Waals surface area contributed by atoms with Crippen LogP contribution in [0.3, 0.4) is 0 Å². The van der Waals surface area contributed by atoms with E-state index in [2.05, 4.69) is 21.2 Å². The van der Waals surface area contributed by atoms with Crippen molar-refractivity contribution in [1.82, 2.24) is 5.32 Å². The Balaban J connectivity index is 2.86. The molecule has 0 bridgehead atoms. The summed E-state index contributed by atoms with van der Waals surface area (Å²) in [7, 11) is 0. The third-order valence-corrected chi connectivity index (χ3v) is 3.38. The van der Waals surface area contributed by atoms with Gasteiger partial charge in [0.1, 0.15) is 0 Å². The van der Waals surface area contributed by atoms with Crippen molar-refractivity contribution in [2.24, 2.45) is 5.41 Å². The van der Waals surface area contributed by atoms with Gasteiger partial charge in [-0.2, -0.15) is 0 Å². The molecule has 1 aromatic carbocycles. The van der Waals surface area contributed by atoms with Crippen molar-refractivity contribution < 1.29 is 14.7 Å². The molecular formula is C16H22BrNO3. The number of amides is 1. The molecule has 1 unspecified atom stereocenters. The van der Waals surface area contributed by atoms with Gasteiger partial charge in [-0.05, 0) is 42.5 Å². The normalized spacial score (nSPS) is 12.8. The number of hydrogen-bond donors (Lipinski definition) is 2. The summed E-state index contributed by atoms with van der Waals surface area (Å²) in [5, 5.41) is 11.8. The molecule has 2 N–H and O–H groups in total. The fourth-order valence-electron chi connectivity index (χ4n) is 2.26.